The molecular formula is C79H98O4S2. The van der Waals surface area contributed by atoms with Crippen LogP contribution in [0.2, 0.25) is 0 Å². The molecule has 0 saturated carbocycles. The molecule has 0 fully saturated rings. The van der Waals surface area contributed by atoms with Crippen molar-refractivity contribution in [2.24, 2.45) is 0 Å². The summed E-state index contributed by atoms with van der Waals surface area (Å²) in [7, 11) is -6.56. The zero-order valence-corrected chi connectivity index (χ0v) is 53.8. The van der Waals surface area contributed by atoms with Gasteiger partial charge in [-0.25, -0.2) is 16.8 Å². The summed E-state index contributed by atoms with van der Waals surface area (Å²) in [6.45, 7) is 8.97. The smallest absolute Gasteiger partial charge is 0.178 e. The molecule has 6 aromatic rings. The summed E-state index contributed by atoms with van der Waals surface area (Å²) in [4.78, 5) is 0.803. The Balaban J connectivity index is 1.07. The molecule has 1 aliphatic carbocycles. The molecular weight excluding hydrogens is 1080 g/mol. The second kappa shape index (κ2) is 35.4. The van der Waals surface area contributed by atoms with Crippen molar-refractivity contribution in [3.8, 4) is 34.8 Å². The lowest BCUT2D eigenvalue weighted by molar-refractivity contribution is 0.397. The average Bonchev–Trinajstić information content (AvgIpc) is 1.71. The van der Waals surface area contributed by atoms with Crippen molar-refractivity contribution in [3.05, 3.63) is 189 Å². The highest BCUT2D eigenvalue weighted by molar-refractivity contribution is 7.91. The van der Waals surface area contributed by atoms with Gasteiger partial charge in [-0.1, -0.05) is 290 Å². The highest BCUT2D eigenvalue weighted by Crippen LogP contribution is 2.55. The van der Waals surface area contributed by atoms with Crippen LogP contribution in [0, 0.1) is 23.7 Å². The SMILES string of the molecule is CCCCCCCCCC1(CCCCCCCCC)c2cc(C#Cc3ccc(/C=C/c4ccc(S(=O)(=O)CCCCCCCC)cc4)cc3)ccc2-c2ccc(C#Cc3ccc(/C=C/c4ccc(S(=O)(=O)CCCCCCCC)cc4)cc3)cc21. The molecule has 0 spiro atoms. The van der Waals surface area contributed by atoms with Gasteiger partial charge in [-0.2, -0.15) is 0 Å². The third-order valence-corrected chi connectivity index (χ3v) is 20.9. The van der Waals surface area contributed by atoms with Gasteiger partial charge in [0.2, 0.25) is 0 Å². The Bertz CT molecular complexity index is 3160. The molecule has 0 atom stereocenters. The zero-order valence-electron chi connectivity index (χ0n) is 52.2. The number of benzene rings is 6. The number of hydrogen-bond acceptors (Lipinski definition) is 4. The van der Waals surface area contributed by atoms with Crippen molar-refractivity contribution in [2.45, 2.75) is 223 Å². The van der Waals surface area contributed by atoms with Gasteiger partial charge in [-0.3, -0.25) is 0 Å². The number of unbranched alkanes of at least 4 members (excludes halogenated alkanes) is 22. The molecule has 0 aromatic heterocycles. The van der Waals surface area contributed by atoms with E-state index in [9.17, 15) is 16.8 Å². The summed E-state index contributed by atoms with van der Waals surface area (Å²) in [5.74, 6) is 14.6. The van der Waals surface area contributed by atoms with Gasteiger partial charge in [0.25, 0.3) is 0 Å². The fourth-order valence-corrected chi connectivity index (χ4v) is 14.8. The second-order valence-corrected chi connectivity index (χ2v) is 28.3. The molecule has 0 saturated heterocycles. The van der Waals surface area contributed by atoms with Gasteiger partial charge >= 0.3 is 0 Å². The van der Waals surface area contributed by atoms with Crippen LogP contribution in [0.4, 0.5) is 0 Å². The Morgan fingerprint density at radius 3 is 0.882 bits per heavy atom. The monoisotopic (exact) mass is 1170 g/mol. The van der Waals surface area contributed by atoms with Gasteiger partial charge in [0.15, 0.2) is 19.7 Å². The van der Waals surface area contributed by atoms with Crippen LogP contribution >= 0.6 is 0 Å². The Morgan fingerprint density at radius 2 is 0.565 bits per heavy atom. The standard InChI is InChI=1S/C79H98O4S2/c1-5-9-13-17-21-23-27-59-79(60-28-24-22-18-14-10-6-2)77-63-71(45-43-67-35-31-65(32-36-67)39-41-69-47-53-73(54-48-69)84(80,81)61-29-25-19-15-11-7-3)51-57-75(77)76-58-52-72(64-78(76)79)46-44-68-37-33-66(34-38-68)40-42-70-49-55-74(56-50-70)85(82,83)62-30-26-20-16-12-8-4/h31-42,47-58,63-64H,5-30,59-62H2,1-4H3/b41-39+,42-40+. The van der Waals surface area contributed by atoms with Gasteiger partial charge in [0.1, 0.15) is 0 Å². The molecule has 0 radical (unpaired) electrons. The fraction of sp³-hybridized carbons (Fsp3) is 0.443. The first-order valence-corrected chi connectivity index (χ1v) is 36.3. The van der Waals surface area contributed by atoms with Crippen LogP contribution in [-0.4, -0.2) is 28.3 Å². The Morgan fingerprint density at radius 1 is 0.306 bits per heavy atom. The van der Waals surface area contributed by atoms with E-state index in [2.05, 4.69) is 148 Å². The lowest BCUT2D eigenvalue weighted by Crippen LogP contribution is -2.26. The minimum Gasteiger partial charge on any atom is -0.224 e. The molecule has 0 heterocycles. The van der Waals surface area contributed by atoms with Crippen molar-refractivity contribution in [2.75, 3.05) is 11.5 Å². The molecule has 0 aliphatic heterocycles. The highest BCUT2D eigenvalue weighted by atomic mass is 32.2. The quantitative estimate of drug-likeness (QED) is 0.0223. The fourth-order valence-electron chi connectivity index (χ4n) is 12.1. The third kappa shape index (κ3) is 21.0. The molecule has 6 aromatic carbocycles. The minimum atomic E-state index is -3.28. The van der Waals surface area contributed by atoms with Gasteiger partial charge in [0, 0.05) is 27.7 Å². The molecule has 0 unspecified atom stereocenters. The van der Waals surface area contributed by atoms with E-state index < -0.39 is 19.7 Å². The van der Waals surface area contributed by atoms with Crippen molar-refractivity contribution in [1.82, 2.24) is 0 Å². The van der Waals surface area contributed by atoms with Crippen LogP contribution in [-0.2, 0) is 25.1 Å². The van der Waals surface area contributed by atoms with E-state index in [0.29, 0.717) is 22.6 Å². The molecule has 0 N–H and O–H groups in total. The van der Waals surface area contributed by atoms with Gasteiger partial charge in [0.05, 0.1) is 21.3 Å². The lowest BCUT2D eigenvalue weighted by Gasteiger charge is -2.33. The first-order chi connectivity index (χ1) is 41.5. The summed E-state index contributed by atoms with van der Waals surface area (Å²) in [6, 6.07) is 45.2. The lowest BCUT2D eigenvalue weighted by atomic mass is 9.70. The Labute approximate surface area is 515 Å². The summed E-state index contributed by atoms with van der Waals surface area (Å²) >= 11 is 0. The van der Waals surface area contributed by atoms with Crippen LogP contribution in [0.3, 0.4) is 0 Å². The van der Waals surface area contributed by atoms with E-state index in [1.165, 1.54) is 151 Å². The minimum absolute atomic E-state index is 0.126. The van der Waals surface area contributed by atoms with E-state index in [1.807, 2.05) is 36.4 Å². The maximum Gasteiger partial charge on any atom is 0.178 e. The number of sulfone groups is 2. The van der Waals surface area contributed by atoms with Crippen molar-refractivity contribution < 1.29 is 16.8 Å². The predicted molar refractivity (Wildman–Crippen MR) is 364 cm³/mol. The molecule has 0 bridgehead atoms. The summed E-state index contributed by atoms with van der Waals surface area (Å²) in [6.07, 6.45) is 41.0. The molecule has 1 aliphatic rings. The maximum atomic E-state index is 13.0. The normalized spacial score (nSPS) is 12.7. The van der Waals surface area contributed by atoms with Crippen molar-refractivity contribution in [3.63, 3.8) is 0 Å². The molecule has 85 heavy (non-hydrogen) atoms. The van der Waals surface area contributed by atoms with E-state index in [4.69, 9.17) is 0 Å². The first-order valence-electron chi connectivity index (χ1n) is 33.0. The van der Waals surface area contributed by atoms with Crippen molar-refractivity contribution in [1.29, 1.82) is 0 Å². The number of rotatable bonds is 36. The topological polar surface area (TPSA) is 68.3 Å². The Kier molecular flexibility index (Phi) is 27.7. The highest BCUT2D eigenvalue weighted by Gasteiger charge is 2.42. The third-order valence-electron chi connectivity index (χ3n) is 17.2. The maximum absolute atomic E-state index is 13.0. The number of hydrogen-bond donors (Lipinski definition) is 0. The van der Waals surface area contributed by atoms with Gasteiger partial charge in [-0.15, -0.1) is 0 Å². The second-order valence-electron chi connectivity index (χ2n) is 24.1. The summed E-state index contributed by atoms with van der Waals surface area (Å²) < 4.78 is 52.0. The van der Waals surface area contributed by atoms with E-state index >= 15 is 0 Å². The Hall–Kier alpha value is -6.18. The van der Waals surface area contributed by atoms with Crippen LogP contribution < -0.4 is 0 Å². The predicted octanol–water partition coefficient (Wildman–Crippen LogP) is 21.6. The summed E-state index contributed by atoms with van der Waals surface area (Å²) in [5.41, 5.74) is 13.4. The molecule has 7 rings (SSSR count). The van der Waals surface area contributed by atoms with Crippen LogP contribution in [0.25, 0.3) is 35.4 Å². The first kappa shape index (κ1) is 66.3. The number of fused-ring (bicyclic) bond motifs is 3. The van der Waals surface area contributed by atoms with E-state index in [-0.39, 0.29) is 16.9 Å². The zero-order chi connectivity index (χ0) is 60.0. The largest absolute Gasteiger partial charge is 0.224 e. The summed E-state index contributed by atoms with van der Waals surface area (Å²) in [5, 5.41) is 0. The molecule has 450 valence electrons. The molecule has 4 nitrogen and oxygen atoms in total. The van der Waals surface area contributed by atoms with E-state index in [1.54, 1.807) is 24.3 Å². The van der Waals surface area contributed by atoms with Gasteiger partial charge < -0.3 is 0 Å². The van der Waals surface area contributed by atoms with Gasteiger partial charge in [-0.05, 0) is 143 Å². The van der Waals surface area contributed by atoms with Crippen LogP contribution in [0.15, 0.2) is 143 Å². The molecule has 0 amide bonds. The van der Waals surface area contributed by atoms with Crippen molar-refractivity contribution >= 4 is 44.0 Å². The van der Waals surface area contributed by atoms with E-state index in [0.717, 1.165) is 83.0 Å². The molecule has 6 heteroatoms. The van der Waals surface area contributed by atoms with Crippen LogP contribution in [0.1, 0.15) is 263 Å². The van der Waals surface area contributed by atoms with Crippen LogP contribution in [0.5, 0.6) is 0 Å². The average molecular weight is 1180 g/mol.